The van der Waals surface area contributed by atoms with E-state index in [1.54, 1.807) is 4.90 Å². The van der Waals surface area contributed by atoms with Gasteiger partial charge in [0.1, 0.15) is 6.17 Å². The first-order valence-electron chi connectivity index (χ1n) is 4.70. The average molecular weight is 212 g/mol. The van der Waals surface area contributed by atoms with Crippen LogP contribution in [0.4, 0.5) is 14.5 Å². The number of alkyl halides is 1. The fourth-order valence-electron chi connectivity index (χ4n) is 1.74. The van der Waals surface area contributed by atoms with Crippen molar-refractivity contribution in [2.24, 2.45) is 0 Å². The molecular formula is C10H10F2N2O. The standard InChI is InChI=1S/C10H10F2N2O/c11-7-1-2-14(5-7)10-4-13-3-9(12)8(10)6-15/h3-4,6-7H,1-2,5H2. The van der Waals surface area contributed by atoms with Gasteiger partial charge >= 0.3 is 0 Å². The van der Waals surface area contributed by atoms with Crippen molar-refractivity contribution in [1.82, 2.24) is 4.98 Å². The number of halogens is 2. The third kappa shape index (κ3) is 1.82. The van der Waals surface area contributed by atoms with Gasteiger partial charge in [-0.15, -0.1) is 0 Å². The van der Waals surface area contributed by atoms with Gasteiger partial charge in [0.05, 0.1) is 23.6 Å². The minimum Gasteiger partial charge on any atom is -0.367 e. The summed E-state index contributed by atoms with van der Waals surface area (Å²) in [7, 11) is 0. The quantitative estimate of drug-likeness (QED) is 0.698. The van der Waals surface area contributed by atoms with Crippen LogP contribution < -0.4 is 4.90 Å². The summed E-state index contributed by atoms with van der Waals surface area (Å²) in [6.45, 7) is 0.694. The molecule has 0 amide bonds. The second kappa shape index (κ2) is 3.92. The van der Waals surface area contributed by atoms with E-state index in [4.69, 9.17) is 0 Å². The summed E-state index contributed by atoms with van der Waals surface area (Å²) in [6.07, 6.45) is 2.32. The molecule has 80 valence electrons. The average Bonchev–Trinajstić information content (AvgIpc) is 2.64. The van der Waals surface area contributed by atoms with Gasteiger partial charge in [0.15, 0.2) is 12.1 Å². The zero-order chi connectivity index (χ0) is 10.8. The Labute approximate surface area is 85.7 Å². The van der Waals surface area contributed by atoms with Crippen LogP contribution in [0.15, 0.2) is 12.4 Å². The first-order chi connectivity index (χ1) is 7.22. The Bertz CT molecular complexity index is 384. The van der Waals surface area contributed by atoms with E-state index in [0.717, 1.165) is 6.20 Å². The molecule has 0 bridgehead atoms. The van der Waals surface area contributed by atoms with Gasteiger partial charge < -0.3 is 4.90 Å². The minimum atomic E-state index is -0.909. The largest absolute Gasteiger partial charge is 0.367 e. The molecule has 0 saturated carbocycles. The van der Waals surface area contributed by atoms with Crippen molar-refractivity contribution in [2.45, 2.75) is 12.6 Å². The van der Waals surface area contributed by atoms with Gasteiger partial charge in [-0.25, -0.2) is 8.78 Å². The molecule has 0 aromatic carbocycles. The normalized spacial score (nSPS) is 20.7. The maximum atomic E-state index is 13.2. The molecule has 5 heteroatoms. The summed E-state index contributed by atoms with van der Waals surface area (Å²) in [4.78, 5) is 16.0. The summed E-state index contributed by atoms with van der Waals surface area (Å²) in [5.41, 5.74) is 0.337. The number of aromatic nitrogens is 1. The van der Waals surface area contributed by atoms with Crippen molar-refractivity contribution in [3.8, 4) is 0 Å². The molecule has 0 radical (unpaired) electrons. The number of carbonyl (C=O) groups is 1. The van der Waals surface area contributed by atoms with E-state index in [0.29, 0.717) is 24.9 Å². The molecule has 1 unspecified atom stereocenters. The van der Waals surface area contributed by atoms with E-state index in [-0.39, 0.29) is 12.1 Å². The molecule has 0 aliphatic carbocycles. The molecule has 3 nitrogen and oxygen atoms in total. The van der Waals surface area contributed by atoms with Crippen LogP contribution in [0.1, 0.15) is 16.8 Å². The van der Waals surface area contributed by atoms with Crippen LogP contribution in [0.5, 0.6) is 0 Å². The molecule has 0 spiro atoms. The molecular weight excluding hydrogens is 202 g/mol. The molecule has 2 rings (SSSR count). The third-order valence-corrected chi connectivity index (χ3v) is 2.51. The number of nitrogens with zero attached hydrogens (tertiary/aromatic N) is 2. The number of hydrogen-bond acceptors (Lipinski definition) is 3. The lowest BCUT2D eigenvalue weighted by atomic mass is 10.2. The fourth-order valence-corrected chi connectivity index (χ4v) is 1.74. The second-order valence-electron chi connectivity index (χ2n) is 3.50. The highest BCUT2D eigenvalue weighted by Crippen LogP contribution is 2.25. The van der Waals surface area contributed by atoms with E-state index in [9.17, 15) is 13.6 Å². The molecule has 1 aliphatic heterocycles. The molecule has 1 saturated heterocycles. The SMILES string of the molecule is O=Cc1c(F)cncc1N1CCC(F)C1. The minimum absolute atomic E-state index is 0.0425. The van der Waals surface area contributed by atoms with Crippen LogP contribution in [0.25, 0.3) is 0 Å². The Hall–Kier alpha value is -1.52. The molecule has 15 heavy (non-hydrogen) atoms. The van der Waals surface area contributed by atoms with Crippen molar-refractivity contribution in [3.05, 3.63) is 23.8 Å². The molecule has 1 atom stereocenters. The van der Waals surface area contributed by atoms with Crippen LogP contribution in [-0.4, -0.2) is 30.5 Å². The predicted molar refractivity (Wildman–Crippen MR) is 51.3 cm³/mol. The maximum Gasteiger partial charge on any atom is 0.155 e. The smallest absolute Gasteiger partial charge is 0.155 e. The van der Waals surface area contributed by atoms with Gasteiger partial charge in [0.25, 0.3) is 0 Å². The van der Waals surface area contributed by atoms with Crippen LogP contribution in [-0.2, 0) is 0 Å². The van der Waals surface area contributed by atoms with E-state index in [1.807, 2.05) is 0 Å². The highest BCUT2D eigenvalue weighted by Gasteiger charge is 2.24. The second-order valence-corrected chi connectivity index (χ2v) is 3.50. The third-order valence-electron chi connectivity index (χ3n) is 2.51. The number of aldehydes is 1. The van der Waals surface area contributed by atoms with Gasteiger partial charge in [-0.1, -0.05) is 0 Å². The van der Waals surface area contributed by atoms with Crippen molar-refractivity contribution in [3.63, 3.8) is 0 Å². The monoisotopic (exact) mass is 212 g/mol. The number of carbonyl (C=O) groups excluding carboxylic acids is 1. The number of rotatable bonds is 2. The molecule has 1 aromatic rings. The van der Waals surface area contributed by atoms with Crippen molar-refractivity contribution in [2.75, 3.05) is 18.0 Å². The van der Waals surface area contributed by atoms with E-state index < -0.39 is 12.0 Å². The first-order valence-corrected chi connectivity index (χ1v) is 4.70. The topological polar surface area (TPSA) is 33.2 Å². The van der Waals surface area contributed by atoms with Crippen molar-refractivity contribution >= 4 is 12.0 Å². The van der Waals surface area contributed by atoms with Crippen LogP contribution in [0, 0.1) is 5.82 Å². The van der Waals surface area contributed by atoms with E-state index in [1.165, 1.54) is 6.20 Å². The van der Waals surface area contributed by atoms with E-state index >= 15 is 0 Å². The first kappa shape index (κ1) is 10.0. The zero-order valence-corrected chi connectivity index (χ0v) is 7.99. The Morgan fingerprint density at radius 3 is 2.93 bits per heavy atom. The van der Waals surface area contributed by atoms with Crippen LogP contribution >= 0.6 is 0 Å². The highest BCUT2D eigenvalue weighted by atomic mass is 19.1. The zero-order valence-electron chi connectivity index (χ0n) is 7.99. The van der Waals surface area contributed by atoms with Crippen molar-refractivity contribution in [1.29, 1.82) is 0 Å². The summed E-state index contributed by atoms with van der Waals surface area (Å²) in [6, 6.07) is 0. The summed E-state index contributed by atoms with van der Waals surface area (Å²) in [5, 5.41) is 0. The summed E-state index contributed by atoms with van der Waals surface area (Å²) < 4.78 is 26.1. The molecule has 0 N–H and O–H groups in total. The van der Waals surface area contributed by atoms with Crippen LogP contribution in [0.3, 0.4) is 0 Å². The number of hydrogen-bond donors (Lipinski definition) is 0. The summed E-state index contributed by atoms with van der Waals surface area (Å²) >= 11 is 0. The molecule has 1 aliphatic rings. The van der Waals surface area contributed by atoms with Crippen molar-refractivity contribution < 1.29 is 13.6 Å². The van der Waals surface area contributed by atoms with Gasteiger partial charge in [-0.3, -0.25) is 9.78 Å². The van der Waals surface area contributed by atoms with Gasteiger partial charge in [-0.05, 0) is 6.42 Å². The lowest BCUT2D eigenvalue weighted by molar-refractivity contribution is 0.112. The Morgan fingerprint density at radius 1 is 1.53 bits per heavy atom. The summed E-state index contributed by atoms with van der Waals surface area (Å²) in [5.74, 6) is -0.662. The predicted octanol–water partition coefficient (Wildman–Crippen LogP) is 1.58. The lowest BCUT2D eigenvalue weighted by Gasteiger charge is -2.18. The van der Waals surface area contributed by atoms with Crippen LogP contribution in [0.2, 0.25) is 0 Å². The highest BCUT2D eigenvalue weighted by molar-refractivity contribution is 5.84. The Morgan fingerprint density at radius 2 is 2.33 bits per heavy atom. The Balaban J connectivity index is 2.35. The lowest BCUT2D eigenvalue weighted by Crippen LogP contribution is -2.22. The fraction of sp³-hybridized carbons (Fsp3) is 0.400. The van der Waals surface area contributed by atoms with Gasteiger partial charge in [0, 0.05) is 13.1 Å². The number of anilines is 1. The molecule has 1 fully saturated rings. The van der Waals surface area contributed by atoms with Gasteiger partial charge in [0.2, 0.25) is 0 Å². The van der Waals surface area contributed by atoms with Gasteiger partial charge in [-0.2, -0.15) is 0 Å². The van der Waals surface area contributed by atoms with E-state index in [2.05, 4.69) is 4.98 Å². The number of pyridine rings is 1. The maximum absolute atomic E-state index is 13.2. The molecule has 1 aromatic heterocycles. The molecule has 2 heterocycles. The Kier molecular flexibility index (Phi) is 2.62.